The van der Waals surface area contributed by atoms with Crippen molar-refractivity contribution in [1.29, 1.82) is 0 Å². The quantitative estimate of drug-likeness (QED) is 0.378. The molecule has 1 fully saturated rings. The lowest BCUT2D eigenvalue weighted by Crippen LogP contribution is -2.49. The Morgan fingerprint density at radius 2 is 1.84 bits per heavy atom. The van der Waals surface area contributed by atoms with Crippen LogP contribution >= 0.6 is 11.3 Å². The number of hydrogen-bond acceptors (Lipinski definition) is 7. The summed E-state index contributed by atoms with van der Waals surface area (Å²) >= 11 is 1.26. The van der Waals surface area contributed by atoms with Gasteiger partial charge in [0.15, 0.2) is 5.82 Å². The summed E-state index contributed by atoms with van der Waals surface area (Å²) in [4.78, 5) is 31.9. The van der Waals surface area contributed by atoms with Gasteiger partial charge in [0.1, 0.15) is 5.75 Å². The molecule has 0 radical (unpaired) electrons. The van der Waals surface area contributed by atoms with Crippen LogP contribution in [0.5, 0.6) is 10.9 Å². The molecule has 0 spiro atoms. The highest BCUT2D eigenvalue weighted by atomic mass is 32.1. The Kier molecular flexibility index (Phi) is 7.04. The normalized spacial score (nSPS) is 14.6. The molecule has 0 saturated carbocycles. The fourth-order valence-electron chi connectivity index (χ4n) is 4.15. The van der Waals surface area contributed by atoms with Gasteiger partial charge < -0.3 is 15.0 Å². The number of nitrogens with zero attached hydrogens (tertiary/aromatic N) is 5. The Bertz CT molecular complexity index is 1440. The van der Waals surface area contributed by atoms with Crippen LogP contribution < -0.4 is 10.1 Å². The standard InChI is InChI=1S/C25H23F3N6O3S/c1-16(35)29-22-6-7-34(31-22)24(36)33-10-8-32(9-11-33)15-17-12-18(25(26,27)28)14-19(13-17)37-23-30-20-4-2-3-5-21(20)38-23/h2-7,12-14H,8-11,15H2,1H3,(H,29,31,35). The van der Waals surface area contributed by atoms with Crippen LogP contribution in [0.25, 0.3) is 10.2 Å². The molecule has 2 aromatic heterocycles. The zero-order valence-electron chi connectivity index (χ0n) is 20.2. The number of piperazine rings is 1. The first-order valence-electron chi connectivity index (χ1n) is 11.7. The minimum absolute atomic E-state index is 0.0661. The van der Waals surface area contributed by atoms with Gasteiger partial charge in [0.2, 0.25) is 5.91 Å². The van der Waals surface area contributed by atoms with E-state index >= 15 is 0 Å². The molecule has 4 aromatic rings. The van der Waals surface area contributed by atoms with E-state index in [1.165, 1.54) is 30.5 Å². The predicted molar refractivity (Wildman–Crippen MR) is 135 cm³/mol. The molecule has 38 heavy (non-hydrogen) atoms. The number of hydrogen-bond donors (Lipinski definition) is 1. The van der Waals surface area contributed by atoms with Gasteiger partial charge in [0, 0.05) is 51.9 Å². The maximum atomic E-state index is 13.6. The maximum absolute atomic E-state index is 13.6. The van der Waals surface area contributed by atoms with Crippen molar-refractivity contribution in [2.75, 3.05) is 31.5 Å². The van der Waals surface area contributed by atoms with E-state index < -0.39 is 11.7 Å². The van der Waals surface area contributed by atoms with Crippen molar-refractivity contribution in [2.45, 2.75) is 19.6 Å². The van der Waals surface area contributed by atoms with Crippen LogP contribution in [0.3, 0.4) is 0 Å². The largest absolute Gasteiger partial charge is 0.431 e. The summed E-state index contributed by atoms with van der Waals surface area (Å²) in [6, 6.07) is 12.2. The van der Waals surface area contributed by atoms with Crippen LogP contribution in [0.15, 0.2) is 54.7 Å². The van der Waals surface area contributed by atoms with Crippen molar-refractivity contribution in [1.82, 2.24) is 24.6 Å². The molecule has 9 nitrogen and oxygen atoms in total. The van der Waals surface area contributed by atoms with E-state index in [0.29, 0.717) is 37.3 Å². The average Bonchev–Trinajstić information content (AvgIpc) is 3.49. The molecule has 0 atom stereocenters. The Balaban J connectivity index is 1.26. The summed E-state index contributed by atoms with van der Waals surface area (Å²) in [6.45, 7) is 3.30. The Morgan fingerprint density at radius 3 is 2.55 bits per heavy atom. The van der Waals surface area contributed by atoms with Gasteiger partial charge in [-0.05, 0) is 35.9 Å². The molecule has 0 aliphatic carbocycles. The second-order valence-electron chi connectivity index (χ2n) is 8.79. The number of ether oxygens (including phenoxy) is 1. The third-order valence-corrected chi connectivity index (χ3v) is 6.83. The lowest BCUT2D eigenvalue weighted by atomic mass is 10.1. The third-order valence-electron chi connectivity index (χ3n) is 5.91. The van der Waals surface area contributed by atoms with E-state index in [0.717, 1.165) is 21.5 Å². The average molecular weight is 545 g/mol. The molecule has 1 aliphatic rings. The Hall–Kier alpha value is -3.97. The minimum atomic E-state index is -4.54. The van der Waals surface area contributed by atoms with E-state index in [1.54, 1.807) is 11.0 Å². The lowest BCUT2D eigenvalue weighted by molar-refractivity contribution is -0.137. The molecule has 198 valence electrons. The molecular weight excluding hydrogens is 521 g/mol. The van der Waals surface area contributed by atoms with Gasteiger partial charge in [0.25, 0.3) is 5.19 Å². The molecule has 0 bridgehead atoms. The number of amides is 2. The molecule has 2 amide bonds. The number of halogens is 3. The summed E-state index contributed by atoms with van der Waals surface area (Å²) in [5.74, 6) is 0.0498. The third kappa shape index (κ3) is 5.94. The monoisotopic (exact) mass is 544 g/mol. The molecule has 5 rings (SSSR count). The first kappa shape index (κ1) is 25.7. The topological polar surface area (TPSA) is 92.6 Å². The van der Waals surface area contributed by atoms with Crippen molar-refractivity contribution in [3.05, 3.63) is 65.9 Å². The maximum Gasteiger partial charge on any atom is 0.416 e. The Labute approximate surface area is 219 Å². The summed E-state index contributed by atoms with van der Waals surface area (Å²) in [6.07, 6.45) is -3.07. The summed E-state index contributed by atoms with van der Waals surface area (Å²) in [7, 11) is 0. The van der Waals surface area contributed by atoms with E-state index in [9.17, 15) is 22.8 Å². The summed E-state index contributed by atoms with van der Waals surface area (Å²) < 4.78 is 48.7. The molecule has 1 saturated heterocycles. The van der Waals surface area contributed by atoms with Crippen LogP contribution in [-0.2, 0) is 17.5 Å². The van der Waals surface area contributed by atoms with Crippen molar-refractivity contribution < 1.29 is 27.5 Å². The number of nitrogens with one attached hydrogen (secondary N) is 1. The number of para-hydroxylation sites is 1. The van der Waals surface area contributed by atoms with Gasteiger partial charge >= 0.3 is 12.2 Å². The number of aromatic nitrogens is 3. The van der Waals surface area contributed by atoms with Gasteiger partial charge in [-0.1, -0.05) is 23.5 Å². The van der Waals surface area contributed by atoms with Crippen LogP contribution in [0.4, 0.5) is 23.8 Å². The molecule has 13 heteroatoms. The first-order chi connectivity index (χ1) is 18.1. The second-order valence-corrected chi connectivity index (χ2v) is 9.78. The van der Waals surface area contributed by atoms with Gasteiger partial charge in [-0.25, -0.2) is 9.78 Å². The number of alkyl halides is 3. The number of thiazole rings is 1. The van der Waals surface area contributed by atoms with Gasteiger partial charge in [0.05, 0.1) is 15.8 Å². The lowest BCUT2D eigenvalue weighted by Gasteiger charge is -2.34. The number of carbonyl (C=O) groups is 2. The molecule has 1 N–H and O–H groups in total. The predicted octanol–water partition coefficient (Wildman–Crippen LogP) is 5.05. The molecule has 0 unspecified atom stereocenters. The van der Waals surface area contributed by atoms with Crippen molar-refractivity contribution in [3.8, 4) is 10.9 Å². The van der Waals surface area contributed by atoms with Crippen LogP contribution in [0.1, 0.15) is 18.1 Å². The molecule has 2 aromatic carbocycles. The van der Waals surface area contributed by atoms with Crippen LogP contribution in [0, 0.1) is 0 Å². The minimum Gasteiger partial charge on any atom is -0.431 e. The van der Waals surface area contributed by atoms with Gasteiger partial charge in [-0.2, -0.15) is 17.9 Å². The SMILES string of the molecule is CC(=O)Nc1ccn(C(=O)N2CCN(Cc3cc(Oc4nc5ccccc5s4)cc(C(F)(F)F)c3)CC2)n1. The first-order valence-corrected chi connectivity index (χ1v) is 12.6. The Morgan fingerprint density at radius 1 is 1.08 bits per heavy atom. The summed E-state index contributed by atoms with van der Waals surface area (Å²) in [5, 5.41) is 6.84. The van der Waals surface area contributed by atoms with E-state index in [1.807, 2.05) is 29.2 Å². The smallest absolute Gasteiger partial charge is 0.416 e. The van der Waals surface area contributed by atoms with Crippen LogP contribution in [-0.4, -0.2) is 62.7 Å². The zero-order valence-corrected chi connectivity index (χ0v) is 21.1. The molecule has 3 heterocycles. The van der Waals surface area contributed by atoms with E-state index in [-0.39, 0.29) is 35.2 Å². The van der Waals surface area contributed by atoms with Crippen molar-refractivity contribution >= 4 is 39.3 Å². The highest BCUT2D eigenvalue weighted by Gasteiger charge is 2.32. The van der Waals surface area contributed by atoms with Gasteiger partial charge in [-0.3, -0.25) is 9.69 Å². The number of carbonyl (C=O) groups excluding carboxylic acids is 2. The number of benzene rings is 2. The number of anilines is 1. The highest BCUT2D eigenvalue weighted by Crippen LogP contribution is 2.36. The molecule has 1 aliphatic heterocycles. The van der Waals surface area contributed by atoms with E-state index in [4.69, 9.17) is 4.74 Å². The van der Waals surface area contributed by atoms with Gasteiger partial charge in [-0.15, -0.1) is 5.10 Å². The second kappa shape index (κ2) is 10.4. The number of rotatable bonds is 5. The zero-order chi connectivity index (χ0) is 26.9. The van der Waals surface area contributed by atoms with E-state index in [2.05, 4.69) is 15.4 Å². The summed E-state index contributed by atoms with van der Waals surface area (Å²) in [5.41, 5.74) is 0.366. The van der Waals surface area contributed by atoms with Crippen LogP contribution in [0.2, 0.25) is 0 Å². The fraction of sp³-hybridized carbons (Fsp3) is 0.280. The fourth-order valence-corrected chi connectivity index (χ4v) is 4.98. The number of fused-ring (bicyclic) bond motifs is 1. The van der Waals surface area contributed by atoms with Crippen molar-refractivity contribution in [2.24, 2.45) is 0 Å². The molecular formula is C25H23F3N6O3S. The van der Waals surface area contributed by atoms with Crippen molar-refractivity contribution in [3.63, 3.8) is 0 Å². The highest BCUT2D eigenvalue weighted by molar-refractivity contribution is 7.20.